The van der Waals surface area contributed by atoms with Crippen molar-refractivity contribution in [3.63, 3.8) is 0 Å². The number of hydrogen-bond donors (Lipinski definition) is 2. The van der Waals surface area contributed by atoms with Crippen LogP contribution in [-0.2, 0) is 4.79 Å². The van der Waals surface area contributed by atoms with Crippen molar-refractivity contribution in [1.82, 2.24) is 29.5 Å². The maximum Gasteiger partial charge on any atom is 0.259 e. The van der Waals surface area contributed by atoms with Crippen LogP contribution in [0.4, 0.5) is 26.4 Å². The van der Waals surface area contributed by atoms with Gasteiger partial charge >= 0.3 is 0 Å². The van der Waals surface area contributed by atoms with Gasteiger partial charge in [-0.15, -0.1) is 5.10 Å². The topological polar surface area (TPSA) is 131 Å². The molecule has 11 nitrogen and oxygen atoms in total. The number of carbonyl (C=O) groups excluding carboxylic acids is 1. The maximum absolute atomic E-state index is 14.3. The molecule has 1 aromatic carbocycles. The molecule has 2 aliphatic rings. The van der Waals surface area contributed by atoms with Crippen LogP contribution in [0.15, 0.2) is 41.0 Å². The molecule has 13 heteroatoms. The molecule has 6 rings (SSSR count). The van der Waals surface area contributed by atoms with Crippen LogP contribution in [0.1, 0.15) is 25.7 Å². The quantitative estimate of drug-likeness (QED) is 0.392. The Morgan fingerprint density at radius 3 is 2.58 bits per heavy atom. The molecular formula is C25H27F2N9O2. The summed E-state index contributed by atoms with van der Waals surface area (Å²) in [5, 5.41) is 7.55. The third kappa shape index (κ3) is 4.59. The van der Waals surface area contributed by atoms with E-state index in [1.54, 1.807) is 17.0 Å². The number of hydrogen-bond acceptors (Lipinski definition) is 9. The Kier molecular flexibility index (Phi) is 6.26. The lowest BCUT2D eigenvalue weighted by Gasteiger charge is -2.38. The number of piperazine rings is 1. The largest absolute Gasteiger partial charge is 0.461 e. The zero-order valence-corrected chi connectivity index (χ0v) is 20.6. The zero-order chi connectivity index (χ0) is 26.2. The molecule has 1 aliphatic heterocycles. The predicted octanol–water partition coefficient (Wildman–Crippen LogP) is 2.96. The molecule has 0 spiro atoms. The number of aromatic nitrogens is 5. The molecule has 38 heavy (non-hydrogen) atoms. The number of nitrogen functional groups attached to an aromatic ring is 1. The number of furan rings is 1. The van der Waals surface area contributed by atoms with Crippen molar-refractivity contribution >= 4 is 29.3 Å². The summed E-state index contributed by atoms with van der Waals surface area (Å²) in [4.78, 5) is 30.6. The van der Waals surface area contributed by atoms with Gasteiger partial charge in [0.1, 0.15) is 17.7 Å². The van der Waals surface area contributed by atoms with Gasteiger partial charge < -0.3 is 25.3 Å². The minimum Gasteiger partial charge on any atom is -0.461 e. The van der Waals surface area contributed by atoms with E-state index < -0.39 is 17.7 Å². The molecule has 1 saturated heterocycles. The number of rotatable bonds is 6. The summed E-state index contributed by atoms with van der Waals surface area (Å²) in [7, 11) is 0. The number of halogens is 2. The van der Waals surface area contributed by atoms with Crippen LogP contribution < -0.4 is 16.0 Å². The van der Waals surface area contributed by atoms with Gasteiger partial charge in [-0.05, 0) is 43.0 Å². The molecule has 1 saturated carbocycles. The van der Waals surface area contributed by atoms with E-state index in [9.17, 15) is 13.6 Å². The minimum atomic E-state index is -0.616. The first-order valence-electron chi connectivity index (χ1n) is 12.7. The first-order chi connectivity index (χ1) is 18.5. The fourth-order valence-electron chi connectivity index (χ4n) is 5.29. The number of fused-ring (bicyclic) bond motifs is 1. The van der Waals surface area contributed by atoms with Crippen LogP contribution in [0.3, 0.4) is 0 Å². The number of anilines is 3. The smallest absolute Gasteiger partial charge is 0.259 e. The van der Waals surface area contributed by atoms with Crippen molar-refractivity contribution < 1.29 is 18.0 Å². The zero-order valence-electron chi connectivity index (χ0n) is 20.6. The highest BCUT2D eigenvalue weighted by Gasteiger charge is 2.36. The second-order valence-corrected chi connectivity index (χ2v) is 9.60. The fourth-order valence-corrected chi connectivity index (χ4v) is 5.29. The number of nitrogens with one attached hydrogen (secondary N) is 1. The monoisotopic (exact) mass is 523 g/mol. The summed E-state index contributed by atoms with van der Waals surface area (Å²) < 4.78 is 34.3. The number of nitrogens with zero attached hydrogens (tertiary/aromatic N) is 7. The van der Waals surface area contributed by atoms with Gasteiger partial charge in [-0.25, -0.2) is 8.78 Å². The second-order valence-electron chi connectivity index (χ2n) is 9.60. The Hall–Kier alpha value is -4.29. The molecule has 1 amide bonds. The number of carbonyl (C=O) groups is 1. The molecule has 4 aromatic rings. The van der Waals surface area contributed by atoms with Crippen LogP contribution in [0.2, 0.25) is 0 Å². The minimum absolute atomic E-state index is 0.0593. The van der Waals surface area contributed by atoms with Crippen LogP contribution in [-0.4, -0.2) is 67.6 Å². The predicted molar refractivity (Wildman–Crippen MR) is 135 cm³/mol. The van der Waals surface area contributed by atoms with Crippen molar-refractivity contribution in [2.75, 3.05) is 42.1 Å². The van der Waals surface area contributed by atoms with Gasteiger partial charge in [0.05, 0.1) is 12.0 Å². The van der Waals surface area contributed by atoms with Gasteiger partial charge in [-0.1, -0.05) is 12.8 Å². The molecular weight excluding hydrogens is 496 g/mol. The fraction of sp³-hybridized carbons (Fsp3) is 0.400. The van der Waals surface area contributed by atoms with Crippen molar-refractivity contribution in [1.29, 1.82) is 0 Å². The van der Waals surface area contributed by atoms with Gasteiger partial charge in [-0.2, -0.15) is 19.5 Å². The van der Waals surface area contributed by atoms with Crippen molar-refractivity contribution in [3.8, 4) is 11.6 Å². The molecule has 1 aliphatic carbocycles. The number of benzene rings is 1. The van der Waals surface area contributed by atoms with Crippen molar-refractivity contribution in [2.45, 2.75) is 31.7 Å². The summed E-state index contributed by atoms with van der Waals surface area (Å²) in [5.41, 5.74) is 6.48. The highest BCUT2D eigenvalue weighted by molar-refractivity contribution is 5.85. The molecule has 0 unspecified atom stereocenters. The van der Waals surface area contributed by atoms with Gasteiger partial charge in [0.15, 0.2) is 5.76 Å². The molecule has 198 valence electrons. The lowest BCUT2D eigenvalue weighted by Crippen LogP contribution is -2.54. The summed E-state index contributed by atoms with van der Waals surface area (Å²) in [6, 6.07) is 6.48. The standard InChI is InChI=1S/C25H27F2N9O2/c26-16-7-8-18(17(27)14-16)34-9-11-35(12-10-34)22(37)20(15-4-1-2-5-15)29-24-31-23(28)36-25(32-24)30-21(33-36)19-6-3-13-38-19/h3,6-8,13-15,20H,1-2,4-5,9-12H2,(H3,28,29,30,31,32,33)/t20-/m0/s1. The summed E-state index contributed by atoms with van der Waals surface area (Å²) in [6.07, 6.45) is 5.45. The van der Waals surface area contributed by atoms with Crippen LogP contribution in [0.25, 0.3) is 17.4 Å². The van der Waals surface area contributed by atoms with Gasteiger partial charge in [0, 0.05) is 32.2 Å². The van der Waals surface area contributed by atoms with Crippen molar-refractivity contribution in [3.05, 3.63) is 48.2 Å². The number of amides is 1. The molecule has 4 heterocycles. The Bertz CT molecular complexity index is 1440. The molecule has 0 radical (unpaired) electrons. The highest BCUT2D eigenvalue weighted by atomic mass is 19.1. The van der Waals surface area contributed by atoms with E-state index in [-0.39, 0.29) is 29.5 Å². The maximum atomic E-state index is 14.3. The van der Waals surface area contributed by atoms with Crippen LogP contribution in [0.5, 0.6) is 0 Å². The van der Waals surface area contributed by atoms with Gasteiger partial charge in [0.2, 0.25) is 23.6 Å². The van der Waals surface area contributed by atoms with Gasteiger partial charge in [0.25, 0.3) is 5.78 Å². The number of nitrogens with two attached hydrogens (primary N) is 1. The first kappa shape index (κ1) is 24.1. The molecule has 0 bridgehead atoms. The lowest BCUT2D eigenvalue weighted by atomic mass is 9.96. The van der Waals surface area contributed by atoms with Gasteiger partial charge in [-0.3, -0.25) is 4.79 Å². The van der Waals surface area contributed by atoms with Crippen molar-refractivity contribution in [2.24, 2.45) is 5.92 Å². The van der Waals surface area contributed by atoms with E-state index in [0.29, 0.717) is 43.5 Å². The normalized spacial score (nSPS) is 17.3. The third-order valence-corrected chi connectivity index (χ3v) is 7.24. The van der Waals surface area contributed by atoms with E-state index in [2.05, 4.69) is 25.4 Å². The summed E-state index contributed by atoms with van der Waals surface area (Å²) >= 11 is 0. The Morgan fingerprint density at radius 2 is 1.87 bits per heavy atom. The van der Waals surface area contributed by atoms with Crippen LogP contribution in [0, 0.1) is 17.6 Å². The Labute approximate surface area is 216 Å². The third-order valence-electron chi connectivity index (χ3n) is 7.24. The summed E-state index contributed by atoms with van der Waals surface area (Å²) in [5.74, 6) is 0.151. The summed E-state index contributed by atoms with van der Waals surface area (Å²) in [6.45, 7) is 1.71. The SMILES string of the molecule is Nc1nc(N[C@H](C(=O)N2CCN(c3ccc(F)cc3F)CC2)C2CCCC2)nc2nc(-c3ccco3)nn12. The lowest BCUT2D eigenvalue weighted by molar-refractivity contribution is -0.133. The van der Waals surface area contributed by atoms with E-state index in [4.69, 9.17) is 10.2 Å². The van der Waals surface area contributed by atoms with E-state index in [1.165, 1.54) is 22.9 Å². The van der Waals surface area contributed by atoms with E-state index in [0.717, 1.165) is 31.7 Å². The Morgan fingerprint density at radius 1 is 1.08 bits per heavy atom. The van der Waals surface area contributed by atoms with E-state index >= 15 is 0 Å². The molecule has 2 fully saturated rings. The average molecular weight is 524 g/mol. The highest BCUT2D eigenvalue weighted by Crippen LogP contribution is 2.31. The van der Waals surface area contributed by atoms with Crippen LogP contribution >= 0.6 is 0 Å². The molecule has 1 atom stereocenters. The molecule has 3 N–H and O–H groups in total. The first-order valence-corrected chi connectivity index (χ1v) is 12.7. The average Bonchev–Trinajstić information content (AvgIpc) is 3.69. The second kappa shape index (κ2) is 9.88. The Balaban J connectivity index is 1.20. The molecule has 3 aromatic heterocycles. The van der Waals surface area contributed by atoms with E-state index in [1.807, 2.05) is 4.90 Å².